The zero-order chi connectivity index (χ0) is 18.8. The Labute approximate surface area is 156 Å². The topological polar surface area (TPSA) is 114 Å². The number of nitro groups is 1. The Balaban J connectivity index is 1.86. The maximum absolute atomic E-state index is 12.4. The quantitative estimate of drug-likeness (QED) is 0.514. The Morgan fingerprint density at radius 1 is 1.19 bits per heavy atom. The van der Waals surface area contributed by atoms with Gasteiger partial charge >= 0.3 is 0 Å². The number of aromatic nitrogens is 1. The number of carbonyl (C=O) groups is 2. The lowest BCUT2D eigenvalue weighted by Crippen LogP contribution is -2.12. The summed E-state index contributed by atoms with van der Waals surface area (Å²) in [6.45, 7) is 1.41. The van der Waals surface area contributed by atoms with Crippen molar-refractivity contribution < 1.29 is 14.5 Å². The van der Waals surface area contributed by atoms with Gasteiger partial charge in [-0.3, -0.25) is 25.0 Å². The molecule has 2 aromatic carbocycles. The van der Waals surface area contributed by atoms with Crippen molar-refractivity contribution in [2.75, 3.05) is 10.6 Å². The molecule has 1 heterocycles. The predicted octanol–water partition coefficient (Wildman–Crippen LogP) is 4.07. The largest absolute Gasteiger partial charge is 0.326 e. The first-order chi connectivity index (χ1) is 12.3. The second kappa shape index (κ2) is 7.06. The second-order valence-electron chi connectivity index (χ2n) is 5.26. The van der Waals surface area contributed by atoms with E-state index in [1.54, 1.807) is 18.2 Å². The third-order valence-electron chi connectivity index (χ3n) is 3.33. The van der Waals surface area contributed by atoms with Crippen LogP contribution >= 0.6 is 22.9 Å². The summed E-state index contributed by atoms with van der Waals surface area (Å²) in [5.74, 6) is -0.789. The molecule has 8 nitrogen and oxygen atoms in total. The zero-order valence-corrected chi connectivity index (χ0v) is 14.9. The Kier molecular flexibility index (Phi) is 4.83. The van der Waals surface area contributed by atoms with E-state index < -0.39 is 10.8 Å². The number of rotatable bonds is 4. The maximum Gasteiger partial charge on any atom is 0.270 e. The summed E-state index contributed by atoms with van der Waals surface area (Å²) in [7, 11) is 0. The molecule has 0 aliphatic heterocycles. The highest BCUT2D eigenvalue weighted by molar-refractivity contribution is 7.22. The molecule has 0 saturated heterocycles. The first-order valence-electron chi connectivity index (χ1n) is 7.27. The normalized spacial score (nSPS) is 10.5. The minimum atomic E-state index is -0.603. The van der Waals surface area contributed by atoms with Crippen LogP contribution in [0.15, 0.2) is 36.4 Å². The van der Waals surface area contributed by atoms with E-state index in [0.29, 0.717) is 16.3 Å². The summed E-state index contributed by atoms with van der Waals surface area (Å²) < 4.78 is 0.761. The van der Waals surface area contributed by atoms with Gasteiger partial charge < -0.3 is 5.32 Å². The standard InChI is InChI=1S/C16H11ClN4O4S/c1-8(22)18-9-2-5-13-14(6-9)26-16(19-13)20-15(23)11-7-10(21(24)25)3-4-12(11)17/h2-7H,1H3,(H,18,22)(H,19,20,23). The van der Waals surface area contributed by atoms with Gasteiger partial charge in [0.1, 0.15) is 0 Å². The number of halogens is 1. The van der Waals surface area contributed by atoms with Crippen LogP contribution in [0.2, 0.25) is 5.02 Å². The van der Waals surface area contributed by atoms with Crippen LogP contribution in [-0.4, -0.2) is 21.7 Å². The molecule has 0 spiro atoms. The lowest BCUT2D eigenvalue weighted by Gasteiger charge is -2.03. The average Bonchev–Trinajstić information content (AvgIpc) is 2.95. The first-order valence-corrected chi connectivity index (χ1v) is 8.46. The molecule has 0 fully saturated rings. The fraction of sp³-hybridized carbons (Fsp3) is 0.0625. The summed E-state index contributed by atoms with van der Waals surface area (Å²) in [5.41, 5.74) is 1.01. The van der Waals surface area contributed by atoms with Crippen molar-refractivity contribution in [1.29, 1.82) is 0 Å². The van der Waals surface area contributed by atoms with Crippen LogP contribution in [-0.2, 0) is 4.79 Å². The van der Waals surface area contributed by atoms with Gasteiger partial charge in [-0.15, -0.1) is 0 Å². The van der Waals surface area contributed by atoms with E-state index in [0.717, 1.165) is 10.8 Å². The molecule has 0 unspecified atom stereocenters. The van der Waals surface area contributed by atoms with E-state index in [2.05, 4.69) is 15.6 Å². The van der Waals surface area contributed by atoms with Crippen LogP contribution in [0.1, 0.15) is 17.3 Å². The van der Waals surface area contributed by atoms with Crippen molar-refractivity contribution in [2.24, 2.45) is 0 Å². The summed E-state index contributed by atoms with van der Waals surface area (Å²) in [6.07, 6.45) is 0. The van der Waals surface area contributed by atoms with E-state index in [1.165, 1.54) is 30.4 Å². The summed E-state index contributed by atoms with van der Waals surface area (Å²) in [4.78, 5) is 38.1. The summed E-state index contributed by atoms with van der Waals surface area (Å²) in [6, 6.07) is 8.79. The van der Waals surface area contributed by atoms with Crippen molar-refractivity contribution in [3.8, 4) is 0 Å². The molecule has 26 heavy (non-hydrogen) atoms. The maximum atomic E-state index is 12.4. The van der Waals surface area contributed by atoms with Gasteiger partial charge in [0.15, 0.2) is 5.13 Å². The molecule has 10 heteroatoms. The van der Waals surface area contributed by atoms with Crippen LogP contribution < -0.4 is 10.6 Å². The fourth-order valence-corrected chi connectivity index (χ4v) is 3.33. The number of hydrogen-bond donors (Lipinski definition) is 2. The highest BCUT2D eigenvalue weighted by atomic mass is 35.5. The Morgan fingerprint density at radius 3 is 2.65 bits per heavy atom. The molecule has 0 bridgehead atoms. The van der Waals surface area contributed by atoms with Gasteiger partial charge in [0.25, 0.3) is 11.6 Å². The van der Waals surface area contributed by atoms with Gasteiger partial charge in [-0.25, -0.2) is 4.98 Å². The average molecular weight is 391 g/mol. The van der Waals surface area contributed by atoms with Crippen LogP contribution in [0.4, 0.5) is 16.5 Å². The second-order valence-corrected chi connectivity index (χ2v) is 6.70. The highest BCUT2D eigenvalue weighted by Gasteiger charge is 2.17. The number of carbonyl (C=O) groups excluding carboxylic acids is 2. The number of nitrogens with zero attached hydrogens (tertiary/aromatic N) is 2. The van der Waals surface area contributed by atoms with E-state index in [4.69, 9.17) is 11.6 Å². The van der Waals surface area contributed by atoms with Gasteiger partial charge in [0.2, 0.25) is 5.91 Å². The molecule has 1 aromatic heterocycles. The van der Waals surface area contributed by atoms with Gasteiger partial charge in [0, 0.05) is 24.7 Å². The number of hydrogen-bond acceptors (Lipinski definition) is 6. The number of nitro benzene ring substituents is 1. The molecule has 2 N–H and O–H groups in total. The minimum absolute atomic E-state index is 0.0148. The van der Waals surface area contributed by atoms with Crippen molar-refractivity contribution in [1.82, 2.24) is 4.98 Å². The molecule has 0 radical (unpaired) electrons. The number of benzene rings is 2. The Morgan fingerprint density at radius 2 is 1.96 bits per heavy atom. The monoisotopic (exact) mass is 390 g/mol. The van der Waals surface area contributed by atoms with Gasteiger partial charge in [-0.1, -0.05) is 22.9 Å². The van der Waals surface area contributed by atoms with Gasteiger partial charge in [-0.2, -0.15) is 0 Å². The lowest BCUT2D eigenvalue weighted by molar-refractivity contribution is -0.384. The Hall–Kier alpha value is -3.04. The van der Waals surface area contributed by atoms with E-state index >= 15 is 0 Å². The number of nitrogens with one attached hydrogen (secondary N) is 2. The van der Waals surface area contributed by atoms with Gasteiger partial charge in [0.05, 0.1) is 25.7 Å². The molecule has 3 aromatic rings. The zero-order valence-electron chi connectivity index (χ0n) is 13.3. The van der Waals surface area contributed by atoms with Crippen molar-refractivity contribution >= 4 is 61.5 Å². The van der Waals surface area contributed by atoms with Crippen LogP contribution in [0, 0.1) is 10.1 Å². The smallest absolute Gasteiger partial charge is 0.270 e. The summed E-state index contributed by atoms with van der Waals surface area (Å²) >= 11 is 7.18. The molecule has 132 valence electrons. The SMILES string of the molecule is CC(=O)Nc1ccc2nc(NC(=O)c3cc([N+](=O)[O-])ccc3Cl)sc2c1. The third-order valence-corrected chi connectivity index (χ3v) is 4.60. The minimum Gasteiger partial charge on any atom is -0.326 e. The molecule has 2 amide bonds. The first kappa shape index (κ1) is 17.8. The number of non-ortho nitro benzene ring substituents is 1. The summed E-state index contributed by atoms with van der Waals surface area (Å²) in [5, 5.41) is 16.5. The molecular formula is C16H11ClN4O4S. The number of fused-ring (bicyclic) bond motifs is 1. The number of thiazole rings is 1. The molecule has 3 rings (SSSR count). The van der Waals surface area contributed by atoms with E-state index in [1.807, 2.05) is 0 Å². The van der Waals surface area contributed by atoms with Crippen molar-refractivity contribution in [3.05, 3.63) is 57.1 Å². The van der Waals surface area contributed by atoms with E-state index in [9.17, 15) is 19.7 Å². The van der Waals surface area contributed by atoms with Gasteiger partial charge in [-0.05, 0) is 24.3 Å². The highest BCUT2D eigenvalue weighted by Crippen LogP contribution is 2.29. The third kappa shape index (κ3) is 3.79. The van der Waals surface area contributed by atoms with Crippen molar-refractivity contribution in [3.63, 3.8) is 0 Å². The van der Waals surface area contributed by atoms with Crippen molar-refractivity contribution in [2.45, 2.75) is 6.92 Å². The molecule has 0 atom stereocenters. The van der Waals surface area contributed by atoms with Crippen LogP contribution in [0.3, 0.4) is 0 Å². The Bertz CT molecular complexity index is 1050. The molecule has 0 aliphatic rings. The molecule has 0 aliphatic carbocycles. The number of amides is 2. The lowest BCUT2D eigenvalue weighted by atomic mass is 10.2. The number of anilines is 2. The fourth-order valence-electron chi connectivity index (χ4n) is 2.22. The van der Waals surface area contributed by atoms with E-state index in [-0.39, 0.29) is 22.2 Å². The predicted molar refractivity (Wildman–Crippen MR) is 100.0 cm³/mol. The molecular weight excluding hydrogens is 380 g/mol. The van der Waals surface area contributed by atoms with Crippen LogP contribution in [0.25, 0.3) is 10.2 Å². The molecule has 0 saturated carbocycles. The van der Waals surface area contributed by atoms with Crippen LogP contribution in [0.5, 0.6) is 0 Å².